The number of hydrogen-bond donors (Lipinski definition) is 1. The van der Waals surface area contributed by atoms with Crippen LogP contribution in [0.5, 0.6) is 0 Å². The molecule has 4 rings (SSSR count). The average molecular weight is 488 g/mol. The third kappa shape index (κ3) is 4.96. The van der Waals surface area contributed by atoms with Crippen LogP contribution in [0.1, 0.15) is 36.0 Å². The highest BCUT2D eigenvalue weighted by molar-refractivity contribution is 7.18. The van der Waals surface area contributed by atoms with Crippen molar-refractivity contribution in [2.75, 3.05) is 31.5 Å². The smallest absolute Gasteiger partial charge is 0.264 e. The van der Waals surface area contributed by atoms with Crippen molar-refractivity contribution < 1.29 is 27.6 Å². The van der Waals surface area contributed by atoms with Gasteiger partial charge in [0.25, 0.3) is 17.7 Å². The fourth-order valence-electron chi connectivity index (χ4n) is 3.64. The van der Waals surface area contributed by atoms with Crippen LogP contribution >= 0.6 is 11.3 Å². The van der Waals surface area contributed by atoms with E-state index < -0.39 is 29.3 Å². The number of carbonyl (C=O) groups is 3. The van der Waals surface area contributed by atoms with E-state index in [2.05, 4.69) is 5.32 Å². The SMILES string of the molecule is Cc1cc(NC(=O)c2cccc(F)c2)sc1C(=O)N1CCN(C(=O)c2ccc(F)c(F)c2)CC1. The van der Waals surface area contributed by atoms with E-state index in [0.717, 1.165) is 29.5 Å². The highest BCUT2D eigenvalue weighted by atomic mass is 32.1. The molecule has 1 saturated heterocycles. The molecular weight excluding hydrogens is 467 g/mol. The standard InChI is InChI=1S/C24H20F3N3O3S/c1-14-11-20(28-22(31)15-3-2-4-17(25)12-15)34-21(14)24(33)30-9-7-29(8-10-30)23(32)16-5-6-18(26)19(27)13-16/h2-6,11-13H,7-10H2,1H3,(H,28,31). The zero-order valence-electron chi connectivity index (χ0n) is 18.1. The van der Waals surface area contributed by atoms with E-state index in [1.54, 1.807) is 17.9 Å². The first kappa shape index (κ1) is 23.5. The molecule has 1 aliphatic rings. The maximum absolute atomic E-state index is 13.5. The molecule has 1 aromatic heterocycles. The third-order valence-corrected chi connectivity index (χ3v) is 6.60. The second-order valence-electron chi connectivity index (χ2n) is 7.80. The summed E-state index contributed by atoms with van der Waals surface area (Å²) in [6.45, 7) is 2.80. The van der Waals surface area contributed by atoms with E-state index in [9.17, 15) is 27.6 Å². The topological polar surface area (TPSA) is 69.7 Å². The summed E-state index contributed by atoms with van der Waals surface area (Å²) in [7, 11) is 0. The van der Waals surface area contributed by atoms with E-state index >= 15 is 0 Å². The van der Waals surface area contributed by atoms with Crippen LogP contribution in [-0.2, 0) is 0 Å². The van der Waals surface area contributed by atoms with E-state index in [1.807, 2.05) is 0 Å². The Morgan fingerprint density at radius 3 is 2.15 bits per heavy atom. The number of rotatable bonds is 4. The van der Waals surface area contributed by atoms with Crippen LogP contribution in [0.3, 0.4) is 0 Å². The van der Waals surface area contributed by atoms with Crippen molar-refractivity contribution in [1.29, 1.82) is 0 Å². The minimum Gasteiger partial charge on any atom is -0.335 e. The van der Waals surface area contributed by atoms with Crippen molar-refractivity contribution in [3.05, 3.63) is 87.6 Å². The first-order valence-corrected chi connectivity index (χ1v) is 11.3. The van der Waals surface area contributed by atoms with Crippen LogP contribution in [0.15, 0.2) is 48.5 Å². The van der Waals surface area contributed by atoms with Gasteiger partial charge in [0, 0.05) is 37.3 Å². The zero-order valence-corrected chi connectivity index (χ0v) is 18.9. The van der Waals surface area contributed by atoms with Crippen LogP contribution in [0, 0.1) is 24.4 Å². The third-order valence-electron chi connectivity index (χ3n) is 5.46. The Labute approximate surface area is 197 Å². The van der Waals surface area contributed by atoms with Gasteiger partial charge in [-0.05, 0) is 55.0 Å². The van der Waals surface area contributed by atoms with Gasteiger partial charge in [0.05, 0.1) is 9.88 Å². The molecule has 34 heavy (non-hydrogen) atoms. The normalized spacial score (nSPS) is 13.6. The molecule has 0 bridgehead atoms. The monoisotopic (exact) mass is 487 g/mol. The molecule has 0 atom stereocenters. The van der Waals surface area contributed by atoms with E-state index in [-0.39, 0.29) is 43.2 Å². The lowest BCUT2D eigenvalue weighted by atomic mass is 10.1. The Bertz CT molecular complexity index is 1270. The molecule has 2 heterocycles. The molecule has 0 unspecified atom stereocenters. The lowest BCUT2D eigenvalue weighted by Gasteiger charge is -2.34. The predicted molar refractivity (Wildman–Crippen MR) is 122 cm³/mol. The van der Waals surface area contributed by atoms with Gasteiger partial charge in [0.15, 0.2) is 11.6 Å². The van der Waals surface area contributed by atoms with Crippen LogP contribution < -0.4 is 5.32 Å². The number of aryl methyl sites for hydroxylation is 1. The molecule has 176 valence electrons. The quantitative estimate of drug-likeness (QED) is 0.596. The fourth-order valence-corrected chi connectivity index (χ4v) is 4.67. The summed E-state index contributed by atoms with van der Waals surface area (Å²) >= 11 is 1.12. The number of benzene rings is 2. The number of hydrogen-bond acceptors (Lipinski definition) is 4. The molecule has 1 fully saturated rings. The number of carbonyl (C=O) groups excluding carboxylic acids is 3. The van der Waals surface area contributed by atoms with Crippen molar-refractivity contribution in [3.8, 4) is 0 Å². The lowest BCUT2D eigenvalue weighted by Crippen LogP contribution is -2.50. The van der Waals surface area contributed by atoms with Crippen LogP contribution in [0.25, 0.3) is 0 Å². The Kier molecular flexibility index (Phi) is 6.69. The van der Waals surface area contributed by atoms with Gasteiger partial charge in [-0.1, -0.05) is 6.07 Å². The van der Waals surface area contributed by atoms with Crippen LogP contribution in [0.2, 0.25) is 0 Å². The number of anilines is 1. The Morgan fingerprint density at radius 2 is 1.50 bits per heavy atom. The first-order chi connectivity index (χ1) is 16.2. The number of nitrogens with one attached hydrogen (secondary N) is 1. The summed E-state index contributed by atoms with van der Waals surface area (Å²) in [5, 5.41) is 3.15. The number of halogens is 3. The van der Waals surface area contributed by atoms with Gasteiger partial charge in [0.1, 0.15) is 5.82 Å². The number of amides is 3. The van der Waals surface area contributed by atoms with Gasteiger partial charge in [0.2, 0.25) is 0 Å². The van der Waals surface area contributed by atoms with Gasteiger partial charge >= 0.3 is 0 Å². The fraction of sp³-hybridized carbons (Fsp3) is 0.208. The molecule has 1 N–H and O–H groups in total. The number of thiophene rings is 1. The molecule has 0 aliphatic carbocycles. The first-order valence-electron chi connectivity index (χ1n) is 10.4. The molecule has 10 heteroatoms. The minimum absolute atomic E-state index is 0.0476. The molecular formula is C24H20F3N3O3S. The maximum Gasteiger partial charge on any atom is 0.264 e. The molecule has 3 aromatic rings. The molecule has 3 amide bonds. The molecule has 0 saturated carbocycles. The minimum atomic E-state index is -1.09. The summed E-state index contributed by atoms with van der Waals surface area (Å²) in [6.07, 6.45) is 0. The van der Waals surface area contributed by atoms with Crippen molar-refractivity contribution in [1.82, 2.24) is 9.80 Å². The molecule has 1 aliphatic heterocycles. The van der Waals surface area contributed by atoms with Crippen molar-refractivity contribution >= 4 is 34.1 Å². The Hall–Kier alpha value is -3.66. The maximum atomic E-state index is 13.5. The zero-order chi connectivity index (χ0) is 24.4. The Balaban J connectivity index is 1.38. The second-order valence-corrected chi connectivity index (χ2v) is 8.85. The van der Waals surface area contributed by atoms with Gasteiger partial charge in [-0.3, -0.25) is 14.4 Å². The second kappa shape index (κ2) is 9.68. The average Bonchev–Trinajstić information content (AvgIpc) is 3.19. The van der Waals surface area contributed by atoms with Crippen molar-refractivity contribution in [2.45, 2.75) is 6.92 Å². The van der Waals surface area contributed by atoms with E-state index in [4.69, 9.17) is 0 Å². The van der Waals surface area contributed by atoms with Gasteiger partial charge < -0.3 is 15.1 Å². The Morgan fingerprint density at radius 1 is 0.824 bits per heavy atom. The molecule has 0 spiro atoms. The lowest BCUT2D eigenvalue weighted by molar-refractivity contribution is 0.0537. The predicted octanol–water partition coefficient (Wildman–Crippen LogP) is 4.32. The van der Waals surface area contributed by atoms with Gasteiger partial charge in [-0.2, -0.15) is 0 Å². The highest BCUT2D eigenvalue weighted by Gasteiger charge is 2.28. The van der Waals surface area contributed by atoms with Crippen molar-refractivity contribution in [3.63, 3.8) is 0 Å². The van der Waals surface area contributed by atoms with Gasteiger partial charge in [-0.25, -0.2) is 13.2 Å². The summed E-state index contributed by atoms with van der Waals surface area (Å²) < 4.78 is 40.0. The van der Waals surface area contributed by atoms with Crippen molar-refractivity contribution in [2.24, 2.45) is 0 Å². The van der Waals surface area contributed by atoms with Gasteiger partial charge in [-0.15, -0.1) is 11.3 Å². The number of nitrogens with zero attached hydrogens (tertiary/aromatic N) is 2. The molecule has 0 radical (unpaired) electrons. The van der Waals surface area contributed by atoms with Crippen LogP contribution in [-0.4, -0.2) is 53.7 Å². The molecule has 6 nitrogen and oxygen atoms in total. The number of piperazine rings is 1. The van der Waals surface area contributed by atoms with E-state index in [1.165, 1.54) is 29.2 Å². The van der Waals surface area contributed by atoms with Crippen LogP contribution in [0.4, 0.5) is 18.2 Å². The van der Waals surface area contributed by atoms with E-state index in [0.29, 0.717) is 15.4 Å². The summed E-state index contributed by atoms with van der Waals surface area (Å²) in [5.74, 6) is -3.77. The molecule has 2 aromatic carbocycles. The highest BCUT2D eigenvalue weighted by Crippen LogP contribution is 2.29. The summed E-state index contributed by atoms with van der Waals surface area (Å²) in [4.78, 5) is 41.5. The summed E-state index contributed by atoms with van der Waals surface area (Å²) in [5.41, 5.74) is 0.900. The largest absolute Gasteiger partial charge is 0.335 e. The summed E-state index contributed by atoms with van der Waals surface area (Å²) in [6, 6.07) is 9.99.